The van der Waals surface area contributed by atoms with Crippen molar-refractivity contribution in [3.8, 4) is 0 Å². The summed E-state index contributed by atoms with van der Waals surface area (Å²) in [6, 6.07) is 27.7. The monoisotopic (exact) mass is 631 g/mol. The maximum absolute atomic E-state index is 14.5. The van der Waals surface area contributed by atoms with E-state index in [0.29, 0.717) is 22.8 Å². The van der Waals surface area contributed by atoms with E-state index >= 15 is 0 Å². The van der Waals surface area contributed by atoms with Crippen molar-refractivity contribution in [3.63, 3.8) is 0 Å². The van der Waals surface area contributed by atoms with Gasteiger partial charge < -0.3 is 10.2 Å². The number of halogens is 1. The van der Waals surface area contributed by atoms with E-state index in [1.165, 1.54) is 17.0 Å². The van der Waals surface area contributed by atoms with Crippen molar-refractivity contribution in [2.45, 2.75) is 51.6 Å². The Kier molecular flexibility index (Phi) is 10.8. The zero-order valence-corrected chi connectivity index (χ0v) is 27.0. The molecule has 2 amide bonds. The van der Waals surface area contributed by atoms with Gasteiger partial charge in [0, 0.05) is 24.5 Å². The zero-order chi connectivity index (χ0) is 31.9. The fraction of sp³-hybridized carbons (Fsp3) is 0.257. The SMILES string of the molecule is CCNC(=O)C(Cc1ccccc1)N(Cc1ccc(C)cc1)C(=O)CN(c1cccc(Cl)c1C)S(=O)(=O)c1ccc(C)cc1. The number of carbonyl (C=O) groups is 2. The van der Waals surface area contributed by atoms with Crippen LogP contribution in [0.3, 0.4) is 0 Å². The van der Waals surface area contributed by atoms with Gasteiger partial charge in [0.2, 0.25) is 11.8 Å². The molecule has 1 unspecified atom stereocenters. The summed E-state index contributed by atoms with van der Waals surface area (Å²) < 4.78 is 29.5. The Bertz CT molecular complexity index is 1690. The number of sulfonamides is 1. The molecule has 0 aliphatic carbocycles. The molecular formula is C35H38ClN3O4S. The van der Waals surface area contributed by atoms with Crippen LogP contribution in [-0.4, -0.2) is 44.3 Å². The van der Waals surface area contributed by atoms with Gasteiger partial charge in [0.15, 0.2) is 0 Å². The topological polar surface area (TPSA) is 86.8 Å². The Morgan fingerprint density at radius 1 is 0.795 bits per heavy atom. The number of nitrogens with one attached hydrogen (secondary N) is 1. The molecule has 4 aromatic carbocycles. The molecule has 0 aliphatic rings. The molecule has 7 nitrogen and oxygen atoms in total. The number of rotatable bonds is 12. The minimum absolute atomic E-state index is 0.0462. The molecule has 230 valence electrons. The predicted octanol–water partition coefficient (Wildman–Crippen LogP) is 6.24. The van der Waals surface area contributed by atoms with E-state index in [1.54, 1.807) is 37.3 Å². The second kappa shape index (κ2) is 14.6. The molecular weight excluding hydrogens is 594 g/mol. The number of hydrogen-bond donors (Lipinski definition) is 1. The molecule has 4 aromatic rings. The molecule has 1 atom stereocenters. The van der Waals surface area contributed by atoms with Crippen LogP contribution < -0.4 is 9.62 Å². The first-order valence-electron chi connectivity index (χ1n) is 14.5. The molecule has 0 saturated carbocycles. The molecule has 0 saturated heterocycles. The number of anilines is 1. The lowest BCUT2D eigenvalue weighted by molar-refractivity contribution is -0.140. The lowest BCUT2D eigenvalue weighted by atomic mass is 10.0. The van der Waals surface area contributed by atoms with Gasteiger partial charge in [-0.05, 0) is 68.7 Å². The van der Waals surface area contributed by atoms with Crippen molar-refractivity contribution in [1.29, 1.82) is 0 Å². The van der Waals surface area contributed by atoms with Crippen LogP contribution in [0.2, 0.25) is 5.02 Å². The first kappa shape index (κ1) is 32.8. The zero-order valence-electron chi connectivity index (χ0n) is 25.5. The Morgan fingerprint density at radius 3 is 2.02 bits per heavy atom. The van der Waals surface area contributed by atoms with Crippen LogP contribution in [0.25, 0.3) is 0 Å². The van der Waals surface area contributed by atoms with Gasteiger partial charge in [-0.2, -0.15) is 0 Å². The van der Waals surface area contributed by atoms with E-state index < -0.39 is 28.5 Å². The van der Waals surface area contributed by atoms with Crippen LogP contribution in [0.4, 0.5) is 5.69 Å². The van der Waals surface area contributed by atoms with E-state index in [9.17, 15) is 18.0 Å². The first-order valence-corrected chi connectivity index (χ1v) is 16.3. The van der Waals surface area contributed by atoms with Gasteiger partial charge in [0.25, 0.3) is 10.0 Å². The highest BCUT2D eigenvalue weighted by Crippen LogP contribution is 2.31. The molecule has 44 heavy (non-hydrogen) atoms. The van der Waals surface area contributed by atoms with Gasteiger partial charge >= 0.3 is 0 Å². The van der Waals surface area contributed by atoms with Crippen molar-refractivity contribution in [1.82, 2.24) is 10.2 Å². The highest BCUT2D eigenvalue weighted by molar-refractivity contribution is 7.92. The normalized spacial score (nSPS) is 11.9. The van der Waals surface area contributed by atoms with Crippen molar-refractivity contribution < 1.29 is 18.0 Å². The molecule has 1 N–H and O–H groups in total. The lowest BCUT2D eigenvalue weighted by Gasteiger charge is -2.34. The number of likely N-dealkylation sites (N-methyl/N-ethyl adjacent to an activating group) is 1. The third-order valence-electron chi connectivity index (χ3n) is 7.49. The largest absolute Gasteiger partial charge is 0.355 e. The quantitative estimate of drug-likeness (QED) is 0.201. The lowest BCUT2D eigenvalue weighted by Crippen LogP contribution is -2.53. The third-order valence-corrected chi connectivity index (χ3v) is 9.67. The van der Waals surface area contributed by atoms with Crippen molar-refractivity contribution >= 4 is 39.1 Å². The minimum atomic E-state index is -4.21. The maximum Gasteiger partial charge on any atom is 0.264 e. The van der Waals surface area contributed by atoms with Crippen LogP contribution in [0.5, 0.6) is 0 Å². The molecule has 0 aromatic heterocycles. The summed E-state index contributed by atoms with van der Waals surface area (Å²) in [6.45, 7) is 7.34. The number of amides is 2. The average Bonchev–Trinajstić information content (AvgIpc) is 3.01. The molecule has 4 rings (SSSR count). The summed E-state index contributed by atoms with van der Waals surface area (Å²) >= 11 is 6.44. The van der Waals surface area contributed by atoms with Crippen LogP contribution in [-0.2, 0) is 32.6 Å². The van der Waals surface area contributed by atoms with Crippen LogP contribution in [0.1, 0.15) is 34.7 Å². The number of aryl methyl sites for hydroxylation is 2. The summed E-state index contributed by atoms with van der Waals surface area (Å²) in [5.74, 6) is -0.837. The maximum atomic E-state index is 14.5. The smallest absolute Gasteiger partial charge is 0.264 e. The van der Waals surface area contributed by atoms with Crippen LogP contribution in [0, 0.1) is 20.8 Å². The van der Waals surface area contributed by atoms with E-state index in [1.807, 2.05) is 75.4 Å². The number of nitrogens with zero attached hydrogens (tertiary/aromatic N) is 2. The summed E-state index contributed by atoms with van der Waals surface area (Å²) in [6.07, 6.45) is 0.255. The molecule has 0 heterocycles. The molecule has 0 radical (unpaired) electrons. The minimum Gasteiger partial charge on any atom is -0.355 e. The Balaban J connectivity index is 1.82. The van der Waals surface area contributed by atoms with Gasteiger partial charge in [0.05, 0.1) is 10.6 Å². The molecule has 0 aliphatic heterocycles. The standard InChI is InChI=1S/C35H38ClN3O4S/c1-5-37-35(41)33(22-28-10-7-6-8-11-28)38(23-29-18-14-25(2)15-19-29)34(40)24-39(32-13-9-12-31(36)27(32)4)44(42,43)30-20-16-26(3)17-21-30/h6-21,33H,5,22-24H2,1-4H3,(H,37,41). The predicted molar refractivity (Wildman–Crippen MR) is 176 cm³/mol. The Hall–Kier alpha value is -4.14. The van der Waals surface area contributed by atoms with Gasteiger partial charge in [-0.1, -0.05) is 95.5 Å². The summed E-state index contributed by atoms with van der Waals surface area (Å²) in [5.41, 5.74) is 4.47. The van der Waals surface area contributed by atoms with E-state index in [4.69, 9.17) is 11.6 Å². The fourth-order valence-electron chi connectivity index (χ4n) is 4.95. The van der Waals surface area contributed by atoms with Crippen molar-refractivity contribution in [3.05, 3.63) is 130 Å². The van der Waals surface area contributed by atoms with Crippen molar-refractivity contribution in [2.75, 3.05) is 17.4 Å². The molecule has 0 bridgehead atoms. The number of carbonyl (C=O) groups excluding carboxylic acids is 2. The first-order chi connectivity index (χ1) is 21.0. The highest BCUT2D eigenvalue weighted by atomic mass is 35.5. The Morgan fingerprint density at radius 2 is 1.41 bits per heavy atom. The fourth-order valence-corrected chi connectivity index (χ4v) is 6.59. The second-order valence-corrected chi connectivity index (χ2v) is 13.1. The highest BCUT2D eigenvalue weighted by Gasteiger charge is 2.35. The summed E-state index contributed by atoms with van der Waals surface area (Å²) in [7, 11) is -4.21. The van der Waals surface area contributed by atoms with Gasteiger partial charge in [-0.25, -0.2) is 8.42 Å². The van der Waals surface area contributed by atoms with Gasteiger partial charge in [-0.15, -0.1) is 0 Å². The number of benzene rings is 4. The third kappa shape index (κ3) is 7.87. The van der Waals surface area contributed by atoms with Crippen LogP contribution >= 0.6 is 11.6 Å². The van der Waals surface area contributed by atoms with Gasteiger partial charge in [0.1, 0.15) is 12.6 Å². The Labute approximate surface area is 265 Å². The summed E-state index contributed by atoms with van der Waals surface area (Å²) in [5, 5.41) is 3.25. The number of hydrogen-bond acceptors (Lipinski definition) is 4. The van der Waals surface area contributed by atoms with Crippen LogP contribution in [0.15, 0.2) is 102 Å². The van der Waals surface area contributed by atoms with E-state index in [-0.39, 0.29) is 23.8 Å². The van der Waals surface area contributed by atoms with Crippen molar-refractivity contribution in [2.24, 2.45) is 0 Å². The summed E-state index contributed by atoms with van der Waals surface area (Å²) in [4.78, 5) is 29.6. The van der Waals surface area contributed by atoms with E-state index in [2.05, 4.69) is 5.32 Å². The average molecular weight is 632 g/mol. The molecule has 0 spiro atoms. The molecule has 9 heteroatoms. The molecule has 0 fully saturated rings. The van der Waals surface area contributed by atoms with E-state index in [0.717, 1.165) is 26.6 Å². The van der Waals surface area contributed by atoms with Gasteiger partial charge in [-0.3, -0.25) is 13.9 Å². The second-order valence-electron chi connectivity index (χ2n) is 10.8.